The third-order valence-electron chi connectivity index (χ3n) is 2.73. The third kappa shape index (κ3) is 2.33. The zero-order valence-corrected chi connectivity index (χ0v) is 8.57. The fourth-order valence-corrected chi connectivity index (χ4v) is 1.49. The first-order chi connectivity index (χ1) is 7.29. The molecule has 0 spiro atoms. The maximum absolute atomic E-state index is 11.6. The van der Waals surface area contributed by atoms with Crippen LogP contribution in [0.1, 0.15) is 35.3 Å². The first-order valence-electron chi connectivity index (χ1n) is 5.25. The second-order valence-electron chi connectivity index (χ2n) is 3.86. The second kappa shape index (κ2) is 4.40. The van der Waals surface area contributed by atoms with E-state index in [1.54, 1.807) is 12.3 Å². The van der Waals surface area contributed by atoms with Gasteiger partial charge in [-0.15, -0.1) is 0 Å². The molecule has 80 valence electrons. The summed E-state index contributed by atoms with van der Waals surface area (Å²) in [5.74, 6) is -0.0803. The molecule has 1 aliphatic carbocycles. The number of carbonyl (C=O) groups excluding carboxylic acids is 1. The molecule has 1 amide bonds. The molecule has 1 saturated carbocycles. The van der Waals surface area contributed by atoms with Crippen molar-refractivity contribution in [2.75, 3.05) is 0 Å². The van der Waals surface area contributed by atoms with Gasteiger partial charge in [0.1, 0.15) is 5.69 Å². The molecule has 0 radical (unpaired) electrons. The molecule has 0 atom stereocenters. The summed E-state index contributed by atoms with van der Waals surface area (Å²) in [4.78, 5) is 15.7. The van der Waals surface area contributed by atoms with Crippen LogP contribution in [0.15, 0.2) is 18.3 Å². The van der Waals surface area contributed by atoms with Gasteiger partial charge in [0.2, 0.25) is 0 Å². The fourth-order valence-electron chi connectivity index (χ4n) is 1.49. The molecule has 1 aliphatic rings. The summed E-state index contributed by atoms with van der Waals surface area (Å²) in [6, 6.07) is 3.91. The highest BCUT2D eigenvalue weighted by Gasteiger charge is 2.20. The summed E-state index contributed by atoms with van der Waals surface area (Å²) < 4.78 is 0. The first kappa shape index (κ1) is 10.1. The zero-order chi connectivity index (χ0) is 10.7. The van der Waals surface area contributed by atoms with E-state index in [-0.39, 0.29) is 5.91 Å². The molecule has 0 unspecified atom stereocenters. The minimum absolute atomic E-state index is 0.0803. The molecule has 4 heteroatoms. The standard InChI is InChI=1S/C11H15N3O/c12-6-8-4-5-10(13-7-8)11(15)14-9-2-1-3-9/h4-5,7,9H,1-3,6,12H2,(H,14,15). The Morgan fingerprint density at radius 1 is 1.53 bits per heavy atom. The van der Waals surface area contributed by atoms with Gasteiger partial charge in [-0.1, -0.05) is 6.07 Å². The molecule has 1 fully saturated rings. The highest BCUT2D eigenvalue weighted by Crippen LogP contribution is 2.18. The van der Waals surface area contributed by atoms with Gasteiger partial charge in [-0.2, -0.15) is 0 Å². The average Bonchev–Trinajstić information content (AvgIpc) is 2.23. The molecule has 1 heterocycles. The van der Waals surface area contributed by atoms with E-state index in [1.807, 2.05) is 6.07 Å². The van der Waals surface area contributed by atoms with Crippen LogP contribution in [0.3, 0.4) is 0 Å². The fraction of sp³-hybridized carbons (Fsp3) is 0.455. The van der Waals surface area contributed by atoms with Crippen LogP contribution in [0, 0.1) is 0 Å². The molecular formula is C11H15N3O. The number of aromatic nitrogens is 1. The Hall–Kier alpha value is -1.42. The molecule has 0 aliphatic heterocycles. The molecule has 1 aromatic heterocycles. The van der Waals surface area contributed by atoms with Crippen LogP contribution in [0.5, 0.6) is 0 Å². The number of nitrogens with two attached hydrogens (primary N) is 1. The van der Waals surface area contributed by atoms with Gasteiger partial charge in [0.15, 0.2) is 0 Å². The van der Waals surface area contributed by atoms with E-state index >= 15 is 0 Å². The molecule has 0 aromatic carbocycles. The van der Waals surface area contributed by atoms with Crippen molar-refractivity contribution in [1.29, 1.82) is 0 Å². The minimum Gasteiger partial charge on any atom is -0.348 e. The average molecular weight is 205 g/mol. The van der Waals surface area contributed by atoms with E-state index < -0.39 is 0 Å². The van der Waals surface area contributed by atoms with Crippen LogP contribution >= 0.6 is 0 Å². The first-order valence-corrected chi connectivity index (χ1v) is 5.25. The Bertz CT molecular complexity index is 343. The van der Waals surface area contributed by atoms with Crippen LogP contribution in [-0.4, -0.2) is 16.9 Å². The van der Waals surface area contributed by atoms with Crippen molar-refractivity contribution >= 4 is 5.91 Å². The Morgan fingerprint density at radius 3 is 2.80 bits per heavy atom. The van der Waals surface area contributed by atoms with Crippen LogP contribution in [0.4, 0.5) is 0 Å². The Balaban J connectivity index is 1.98. The number of nitrogens with one attached hydrogen (secondary N) is 1. The number of nitrogens with zero attached hydrogens (tertiary/aromatic N) is 1. The van der Waals surface area contributed by atoms with E-state index in [0.29, 0.717) is 18.3 Å². The van der Waals surface area contributed by atoms with Gasteiger partial charge >= 0.3 is 0 Å². The van der Waals surface area contributed by atoms with Crippen molar-refractivity contribution in [3.8, 4) is 0 Å². The summed E-state index contributed by atoms with van der Waals surface area (Å²) in [7, 11) is 0. The smallest absolute Gasteiger partial charge is 0.270 e. The Kier molecular flexibility index (Phi) is 2.97. The maximum Gasteiger partial charge on any atom is 0.270 e. The number of pyridine rings is 1. The van der Waals surface area contributed by atoms with E-state index in [1.165, 1.54) is 6.42 Å². The number of rotatable bonds is 3. The summed E-state index contributed by atoms with van der Waals surface area (Å²) in [6.07, 6.45) is 5.04. The lowest BCUT2D eigenvalue weighted by molar-refractivity contribution is 0.0912. The third-order valence-corrected chi connectivity index (χ3v) is 2.73. The largest absolute Gasteiger partial charge is 0.348 e. The van der Waals surface area contributed by atoms with E-state index in [9.17, 15) is 4.79 Å². The predicted molar refractivity (Wildman–Crippen MR) is 57.2 cm³/mol. The summed E-state index contributed by atoms with van der Waals surface area (Å²) >= 11 is 0. The summed E-state index contributed by atoms with van der Waals surface area (Å²) in [5.41, 5.74) is 6.86. The van der Waals surface area contributed by atoms with Crippen molar-refractivity contribution < 1.29 is 4.79 Å². The van der Waals surface area contributed by atoms with Crippen molar-refractivity contribution in [3.05, 3.63) is 29.6 Å². The summed E-state index contributed by atoms with van der Waals surface area (Å²) in [5, 5.41) is 2.94. The van der Waals surface area contributed by atoms with Gasteiger partial charge in [-0.25, -0.2) is 0 Å². The van der Waals surface area contributed by atoms with E-state index in [2.05, 4.69) is 10.3 Å². The summed E-state index contributed by atoms with van der Waals surface area (Å²) in [6.45, 7) is 0.456. The molecule has 0 bridgehead atoms. The maximum atomic E-state index is 11.6. The topological polar surface area (TPSA) is 68.0 Å². The minimum atomic E-state index is -0.0803. The lowest BCUT2D eigenvalue weighted by Crippen LogP contribution is -2.39. The van der Waals surface area contributed by atoms with Gasteiger partial charge in [0.05, 0.1) is 0 Å². The molecule has 3 N–H and O–H groups in total. The van der Waals surface area contributed by atoms with Gasteiger partial charge in [0.25, 0.3) is 5.91 Å². The van der Waals surface area contributed by atoms with E-state index in [4.69, 9.17) is 5.73 Å². The molecular weight excluding hydrogens is 190 g/mol. The number of amides is 1. The number of hydrogen-bond donors (Lipinski definition) is 2. The normalized spacial score (nSPS) is 15.8. The van der Waals surface area contributed by atoms with Crippen molar-refractivity contribution in [1.82, 2.24) is 10.3 Å². The molecule has 1 aromatic rings. The van der Waals surface area contributed by atoms with Crippen LogP contribution in [-0.2, 0) is 6.54 Å². The van der Waals surface area contributed by atoms with Crippen molar-refractivity contribution in [3.63, 3.8) is 0 Å². The quantitative estimate of drug-likeness (QED) is 0.767. The van der Waals surface area contributed by atoms with Gasteiger partial charge in [-0.05, 0) is 30.9 Å². The van der Waals surface area contributed by atoms with Gasteiger partial charge in [-0.3, -0.25) is 9.78 Å². The number of hydrogen-bond acceptors (Lipinski definition) is 3. The number of carbonyl (C=O) groups is 1. The molecule has 15 heavy (non-hydrogen) atoms. The van der Waals surface area contributed by atoms with Crippen molar-refractivity contribution in [2.45, 2.75) is 31.8 Å². The predicted octanol–water partition coefficient (Wildman–Crippen LogP) is 0.823. The van der Waals surface area contributed by atoms with Crippen molar-refractivity contribution in [2.24, 2.45) is 5.73 Å². The van der Waals surface area contributed by atoms with Crippen LogP contribution in [0.25, 0.3) is 0 Å². The van der Waals surface area contributed by atoms with Crippen LogP contribution in [0.2, 0.25) is 0 Å². The lowest BCUT2D eigenvalue weighted by atomic mass is 9.93. The Labute approximate surface area is 88.9 Å². The van der Waals surface area contributed by atoms with Gasteiger partial charge in [0, 0.05) is 18.8 Å². The van der Waals surface area contributed by atoms with E-state index in [0.717, 1.165) is 18.4 Å². The highest BCUT2D eigenvalue weighted by atomic mass is 16.1. The van der Waals surface area contributed by atoms with Gasteiger partial charge < -0.3 is 11.1 Å². The zero-order valence-electron chi connectivity index (χ0n) is 8.57. The second-order valence-corrected chi connectivity index (χ2v) is 3.86. The SMILES string of the molecule is NCc1ccc(C(=O)NC2CCC2)nc1. The highest BCUT2D eigenvalue weighted by molar-refractivity contribution is 5.92. The monoisotopic (exact) mass is 205 g/mol. The molecule has 0 saturated heterocycles. The lowest BCUT2D eigenvalue weighted by Gasteiger charge is -2.26. The Morgan fingerprint density at radius 2 is 2.33 bits per heavy atom. The van der Waals surface area contributed by atoms with Crippen LogP contribution < -0.4 is 11.1 Å². The molecule has 4 nitrogen and oxygen atoms in total. The molecule has 2 rings (SSSR count).